The van der Waals surface area contributed by atoms with Crippen molar-refractivity contribution in [3.63, 3.8) is 0 Å². The van der Waals surface area contributed by atoms with Crippen LogP contribution in [0.1, 0.15) is 50.5 Å². The molecule has 28 heavy (non-hydrogen) atoms. The first-order chi connectivity index (χ1) is 13.6. The fourth-order valence-electron chi connectivity index (χ4n) is 6.25. The summed E-state index contributed by atoms with van der Waals surface area (Å²) in [7, 11) is 0. The van der Waals surface area contributed by atoms with Gasteiger partial charge in [-0.15, -0.1) is 0 Å². The van der Waals surface area contributed by atoms with Crippen molar-refractivity contribution in [1.29, 1.82) is 0 Å². The molecule has 6 nitrogen and oxygen atoms in total. The summed E-state index contributed by atoms with van der Waals surface area (Å²) in [5.74, 6) is 3.41. The summed E-state index contributed by atoms with van der Waals surface area (Å²) in [6, 6.07) is 5.48. The summed E-state index contributed by atoms with van der Waals surface area (Å²) in [6.07, 6.45) is 11.3. The number of hydrogen-bond donors (Lipinski definition) is 2. The molecular weight excluding hydrogens is 356 g/mol. The highest BCUT2D eigenvalue weighted by Crippen LogP contribution is 2.61. The second-order valence-electron chi connectivity index (χ2n) is 9.08. The van der Waals surface area contributed by atoms with E-state index in [9.17, 15) is 9.59 Å². The highest BCUT2D eigenvalue weighted by Gasteiger charge is 2.51. The van der Waals surface area contributed by atoms with Gasteiger partial charge in [-0.25, -0.2) is 0 Å². The van der Waals surface area contributed by atoms with E-state index < -0.39 is 0 Å². The molecule has 148 valence electrons. The molecule has 1 aromatic rings. The van der Waals surface area contributed by atoms with Gasteiger partial charge >= 0.3 is 0 Å². The van der Waals surface area contributed by atoms with Gasteiger partial charge in [-0.3, -0.25) is 20.4 Å². The molecule has 0 atom stereocenters. The number of ether oxygens (including phenoxy) is 2. The molecule has 4 bridgehead atoms. The number of fused-ring (bicyclic) bond motifs is 1. The molecule has 4 fully saturated rings. The number of rotatable bonds is 4. The Hall–Kier alpha value is -2.50. The largest absolute Gasteiger partial charge is 0.454 e. The number of nitrogens with one attached hydrogen (secondary N) is 2. The van der Waals surface area contributed by atoms with E-state index in [0.717, 1.165) is 23.3 Å². The molecule has 2 amide bonds. The van der Waals surface area contributed by atoms with Crippen LogP contribution in [0.5, 0.6) is 11.5 Å². The van der Waals surface area contributed by atoms with Crippen molar-refractivity contribution in [3.05, 3.63) is 29.8 Å². The highest BCUT2D eigenvalue weighted by atomic mass is 16.7. The van der Waals surface area contributed by atoms with Crippen molar-refractivity contribution in [3.8, 4) is 11.5 Å². The second kappa shape index (κ2) is 6.83. The average Bonchev–Trinajstić information content (AvgIpc) is 3.11. The van der Waals surface area contributed by atoms with E-state index >= 15 is 0 Å². The lowest BCUT2D eigenvalue weighted by molar-refractivity contribution is -0.133. The molecule has 1 aromatic carbocycles. The van der Waals surface area contributed by atoms with Crippen LogP contribution in [-0.4, -0.2) is 18.6 Å². The molecule has 4 saturated carbocycles. The zero-order chi connectivity index (χ0) is 19.1. The van der Waals surface area contributed by atoms with Crippen LogP contribution in [-0.2, 0) is 9.59 Å². The summed E-state index contributed by atoms with van der Waals surface area (Å²) >= 11 is 0. The van der Waals surface area contributed by atoms with Gasteiger partial charge in [0.05, 0.1) is 0 Å². The van der Waals surface area contributed by atoms with Gasteiger partial charge in [0, 0.05) is 12.5 Å². The minimum absolute atomic E-state index is 0.0771. The van der Waals surface area contributed by atoms with Crippen molar-refractivity contribution in [2.45, 2.75) is 44.9 Å². The molecular formula is C22H26N2O4. The van der Waals surface area contributed by atoms with Gasteiger partial charge in [0.1, 0.15) is 0 Å². The van der Waals surface area contributed by atoms with Crippen LogP contribution >= 0.6 is 0 Å². The Morgan fingerprint density at radius 3 is 2.39 bits per heavy atom. The van der Waals surface area contributed by atoms with Crippen molar-refractivity contribution in [1.82, 2.24) is 10.9 Å². The number of carbonyl (C=O) groups excluding carboxylic acids is 2. The first-order valence-electron chi connectivity index (χ1n) is 10.2. The minimum atomic E-state index is -0.350. The third-order valence-corrected chi connectivity index (χ3v) is 6.85. The van der Waals surface area contributed by atoms with E-state index in [1.54, 1.807) is 6.08 Å². The summed E-state index contributed by atoms with van der Waals surface area (Å²) < 4.78 is 10.6. The fourth-order valence-corrected chi connectivity index (χ4v) is 6.25. The van der Waals surface area contributed by atoms with Crippen molar-refractivity contribution < 1.29 is 19.1 Å². The Morgan fingerprint density at radius 2 is 1.68 bits per heavy atom. The maximum absolute atomic E-state index is 12.5. The molecule has 0 radical (unpaired) electrons. The SMILES string of the molecule is O=C(/C=C/c1ccc2c(c1)OCO2)NNC(=O)CC12CC3CC(CC(C3)C1)C2. The van der Waals surface area contributed by atoms with Gasteiger partial charge in [0.25, 0.3) is 5.91 Å². The van der Waals surface area contributed by atoms with Gasteiger partial charge < -0.3 is 9.47 Å². The Labute approximate surface area is 164 Å². The van der Waals surface area contributed by atoms with Crippen LogP contribution in [0.25, 0.3) is 6.08 Å². The normalized spacial score (nSPS) is 31.9. The van der Waals surface area contributed by atoms with Crippen LogP contribution in [0.15, 0.2) is 24.3 Å². The first kappa shape index (κ1) is 17.6. The number of carbonyl (C=O) groups is 2. The molecule has 6 heteroatoms. The van der Waals surface area contributed by atoms with Crippen molar-refractivity contribution in [2.24, 2.45) is 23.2 Å². The molecule has 0 saturated heterocycles. The lowest BCUT2D eigenvalue weighted by Gasteiger charge is -2.56. The van der Waals surface area contributed by atoms with Crippen LogP contribution in [0.4, 0.5) is 0 Å². The summed E-state index contributed by atoms with van der Waals surface area (Å²) in [5.41, 5.74) is 6.11. The smallest absolute Gasteiger partial charge is 0.262 e. The Kier molecular flexibility index (Phi) is 4.29. The first-order valence-corrected chi connectivity index (χ1v) is 10.2. The zero-order valence-corrected chi connectivity index (χ0v) is 15.9. The van der Waals surface area contributed by atoms with Gasteiger partial charge in [0.15, 0.2) is 11.5 Å². The van der Waals surface area contributed by atoms with Gasteiger partial charge in [-0.05, 0) is 85.5 Å². The van der Waals surface area contributed by atoms with E-state index in [0.29, 0.717) is 17.9 Å². The lowest BCUT2D eigenvalue weighted by atomic mass is 9.49. The van der Waals surface area contributed by atoms with Gasteiger partial charge in [-0.2, -0.15) is 0 Å². The molecule has 0 spiro atoms. The van der Waals surface area contributed by atoms with Crippen LogP contribution < -0.4 is 20.3 Å². The van der Waals surface area contributed by atoms with Crippen LogP contribution in [0.3, 0.4) is 0 Å². The summed E-state index contributed by atoms with van der Waals surface area (Å²) in [5, 5.41) is 0. The summed E-state index contributed by atoms with van der Waals surface area (Å²) in [4.78, 5) is 24.5. The quantitative estimate of drug-likeness (QED) is 0.619. The Balaban J connectivity index is 1.12. The number of hydrazine groups is 1. The summed E-state index contributed by atoms with van der Waals surface area (Å²) in [6.45, 7) is 0.221. The topological polar surface area (TPSA) is 76.7 Å². The van der Waals surface area contributed by atoms with Gasteiger partial charge in [-0.1, -0.05) is 6.07 Å². The third kappa shape index (κ3) is 3.48. The zero-order valence-electron chi connectivity index (χ0n) is 15.9. The van der Waals surface area contributed by atoms with Crippen LogP contribution in [0.2, 0.25) is 0 Å². The monoisotopic (exact) mass is 382 g/mol. The van der Waals surface area contributed by atoms with Crippen molar-refractivity contribution >= 4 is 17.9 Å². The molecule has 0 unspecified atom stereocenters. The Bertz CT molecular complexity index is 797. The molecule has 0 aromatic heterocycles. The van der Waals surface area contributed by atoms with E-state index in [-0.39, 0.29) is 24.0 Å². The molecule has 1 heterocycles. The predicted molar refractivity (Wildman–Crippen MR) is 103 cm³/mol. The molecule has 4 aliphatic carbocycles. The van der Waals surface area contributed by atoms with E-state index in [4.69, 9.17) is 9.47 Å². The Morgan fingerprint density at radius 1 is 1.00 bits per heavy atom. The molecule has 2 N–H and O–H groups in total. The number of amides is 2. The maximum atomic E-state index is 12.5. The van der Waals surface area contributed by atoms with Gasteiger partial charge in [0.2, 0.25) is 12.7 Å². The maximum Gasteiger partial charge on any atom is 0.262 e. The number of hydrogen-bond acceptors (Lipinski definition) is 4. The average molecular weight is 382 g/mol. The van der Waals surface area contributed by atoms with E-state index in [1.165, 1.54) is 44.6 Å². The molecule has 5 aliphatic rings. The fraction of sp³-hybridized carbons (Fsp3) is 0.545. The number of benzene rings is 1. The van der Waals surface area contributed by atoms with E-state index in [2.05, 4.69) is 10.9 Å². The van der Waals surface area contributed by atoms with Crippen LogP contribution in [0, 0.1) is 23.2 Å². The van der Waals surface area contributed by atoms with Crippen molar-refractivity contribution in [2.75, 3.05) is 6.79 Å². The van der Waals surface area contributed by atoms with E-state index in [1.807, 2.05) is 18.2 Å². The predicted octanol–water partition coefficient (Wildman–Crippen LogP) is 3.18. The lowest BCUT2D eigenvalue weighted by Crippen LogP contribution is -2.49. The molecule has 6 rings (SSSR count). The second-order valence-corrected chi connectivity index (χ2v) is 9.08. The minimum Gasteiger partial charge on any atom is -0.454 e. The standard InChI is InChI=1S/C22H26N2O4/c25-20(4-2-14-1-3-18-19(8-14)28-13-27-18)23-24-21(26)12-22-9-15-5-16(10-22)7-17(6-15)11-22/h1-4,8,15-17H,5-7,9-13H2,(H,23,25)(H,24,26)/b4-2+. The third-order valence-electron chi connectivity index (χ3n) is 6.85. The molecule has 1 aliphatic heterocycles. The highest BCUT2D eigenvalue weighted by molar-refractivity contribution is 5.93.